The summed E-state index contributed by atoms with van der Waals surface area (Å²) >= 11 is 0. The molecule has 1 heterocycles. The largest absolute Gasteiger partial charge is 0.399 e. The molecule has 3 aromatic rings. The van der Waals surface area contributed by atoms with Crippen molar-refractivity contribution in [3.63, 3.8) is 0 Å². The van der Waals surface area contributed by atoms with E-state index in [0.29, 0.717) is 37.6 Å². The Bertz CT molecular complexity index is 1480. The van der Waals surface area contributed by atoms with Gasteiger partial charge in [0.25, 0.3) is 5.91 Å². The Labute approximate surface area is 217 Å². The highest BCUT2D eigenvalue weighted by molar-refractivity contribution is 7.92. The van der Waals surface area contributed by atoms with Gasteiger partial charge in [-0.05, 0) is 60.7 Å². The monoisotopic (exact) mass is 543 g/mol. The Hall–Kier alpha value is -3.61. The van der Waals surface area contributed by atoms with Gasteiger partial charge < -0.3 is 16.0 Å². The fourth-order valence-electron chi connectivity index (χ4n) is 4.05. The molecule has 0 unspecified atom stereocenters. The second-order valence-corrected chi connectivity index (χ2v) is 12.7. The second kappa shape index (κ2) is 10.4. The van der Waals surface area contributed by atoms with E-state index in [0.717, 1.165) is 16.2 Å². The van der Waals surface area contributed by atoms with Crippen molar-refractivity contribution in [2.24, 2.45) is 0 Å². The number of piperazine rings is 1. The molecule has 0 bridgehead atoms. The molecule has 1 aliphatic heterocycles. The average Bonchev–Trinajstić information content (AvgIpc) is 2.88. The Morgan fingerprint density at radius 3 is 2.05 bits per heavy atom. The van der Waals surface area contributed by atoms with Crippen molar-refractivity contribution in [3.8, 4) is 0 Å². The number of benzene rings is 3. The number of carbonyl (C=O) groups is 1. The highest BCUT2D eigenvalue weighted by atomic mass is 32.2. The van der Waals surface area contributed by atoms with E-state index in [9.17, 15) is 21.6 Å². The third-order valence-electron chi connectivity index (χ3n) is 6.23. The van der Waals surface area contributed by atoms with Gasteiger partial charge in [0.1, 0.15) is 0 Å². The van der Waals surface area contributed by atoms with Crippen LogP contribution in [0.3, 0.4) is 0 Å². The van der Waals surface area contributed by atoms with E-state index in [4.69, 9.17) is 5.73 Å². The Morgan fingerprint density at radius 1 is 0.865 bits per heavy atom. The van der Waals surface area contributed by atoms with Gasteiger partial charge in [-0.25, -0.2) is 16.8 Å². The summed E-state index contributed by atoms with van der Waals surface area (Å²) in [6.07, 6.45) is 1.05. The molecule has 0 aliphatic carbocycles. The van der Waals surface area contributed by atoms with Gasteiger partial charge in [0.05, 0.1) is 22.4 Å². The molecule has 3 N–H and O–H groups in total. The minimum Gasteiger partial charge on any atom is -0.399 e. The summed E-state index contributed by atoms with van der Waals surface area (Å²) in [7, 11) is -5.90. The van der Waals surface area contributed by atoms with Crippen molar-refractivity contribution in [3.05, 3.63) is 78.4 Å². The summed E-state index contributed by atoms with van der Waals surface area (Å²) in [6, 6.07) is 19.7. The van der Waals surface area contributed by atoms with E-state index in [-0.39, 0.29) is 16.1 Å². The van der Waals surface area contributed by atoms with Crippen LogP contribution in [0.25, 0.3) is 0 Å². The molecular formula is C25H29N5O5S2. The number of hydrogen-bond acceptors (Lipinski definition) is 7. The van der Waals surface area contributed by atoms with E-state index in [1.165, 1.54) is 41.7 Å². The van der Waals surface area contributed by atoms with Gasteiger partial charge in [-0.15, -0.1) is 0 Å². The van der Waals surface area contributed by atoms with Crippen LogP contribution in [-0.2, 0) is 20.0 Å². The molecule has 0 aromatic heterocycles. The van der Waals surface area contributed by atoms with Crippen LogP contribution in [-0.4, -0.2) is 66.5 Å². The van der Waals surface area contributed by atoms with Gasteiger partial charge in [-0.3, -0.25) is 9.10 Å². The molecule has 1 fully saturated rings. The maximum Gasteiger partial charge on any atom is 0.257 e. The number of hydrogen-bond donors (Lipinski definition) is 2. The van der Waals surface area contributed by atoms with E-state index < -0.39 is 26.0 Å². The van der Waals surface area contributed by atoms with Crippen LogP contribution >= 0.6 is 0 Å². The zero-order valence-corrected chi connectivity index (χ0v) is 22.2. The summed E-state index contributed by atoms with van der Waals surface area (Å²) < 4.78 is 52.8. The number of anilines is 4. The highest BCUT2D eigenvalue weighted by Gasteiger charge is 2.28. The molecular weight excluding hydrogens is 514 g/mol. The molecule has 0 saturated carbocycles. The molecule has 0 radical (unpaired) electrons. The second-order valence-electron chi connectivity index (χ2n) is 8.71. The van der Waals surface area contributed by atoms with E-state index >= 15 is 0 Å². The standard InChI is InChI=1S/C25H29N5O5S2/c1-28(36(2,32)33)24-6-4-3-5-23(24)25(31)27-20-9-13-22(14-10-20)37(34,35)30-17-15-29(16-18-30)21-11-7-19(26)8-12-21/h3-14H,15-18,26H2,1-2H3,(H,27,31). The number of para-hydroxylation sites is 1. The van der Waals surface area contributed by atoms with Gasteiger partial charge in [-0.1, -0.05) is 12.1 Å². The van der Waals surface area contributed by atoms with Crippen LogP contribution in [0.15, 0.2) is 77.7 Å². The number of nitrogens with zero attached hydrogens (tertiary/aromatic N) is 3. The van der Waals surface area contributed by atoms with Gasteiger partial charge in [0.2, 0.25) is 20.0 Å². The fourth-order valence-corrected chi connectivity index (χ4v) is 5.99. The Kier molecular flexibility index (Phi) is 7.44. The topological polar surface area (TPSA) is 133 Å². The zero-order valence-electron chi connectivity index (χ0n) is 20.5. The molecule has 3 aromatic carbocycles. The quantitative estimate of drug-likeness (QED) is 0.437. The summed E-state index contributed by atoms with van der Waals surface area (Å²) in [6.45, 7) is 1.79. The molecule has 37 heavy (non-hydrogen) atoms. The minimum absolute atomic E-state index is 0.128. The number of nitrogens with two attached hydrogens (primary N) is 1. The molecule has 12 heteroatoms. The fraction of sp³-hybridized carbons (Fsp3) is 0.240. The predicted molar refractivity (Wildman–Crippen MR) is 146 cm³/mol. The third kappa shape index (κ3) is 5.87. The van der Waals surface area contributed by atoms with Crippen molar-refractivity contribution >= 4 is 48.7 Å². The first-order chi connectivity index (χ1) is 17.5. The van der Waals surface area contributed by atoms with Crippen molar-refractivity contribution in [1.29, 1.82) is 0 Å². The average molecular weight is 544 g/mol. The summed E-state index contributed by atoms with van der Waals surface area (Å²) in [5.74, 6) is -0.513. The summed E-state index contributed by atoms with van der Waals surface area (Å²) in [4.78, 5) is 15.1. The van der Waals surface area contributed by atoms with Crippen LogP contribution in [0.4, 0.5) is 22.7 Å². The van der Waals surface area contributed by atoms with Crippen LogP contribution in [0.2, 0.25) is 0 Å². The molecule has 1 aliphatic rings. The van der Waals surface area contributed by atoms with Crippen LogP contribution in [0.1, 0.15) is 10.4 Å². The van der Waals surface area contributed by atoms with Gasteiger partial charge in [-0.2, -0.15) is 4.31 Å². The first-order valence-corrected chi connectivity index (χ1v) is 14.8. The first-order valence-electron chi connectivity index (χ1n) is 11.5. The smallest absolute Gasteiger partial charge is 0.257 e. The number of sulfonamides is 2. The predicted octanol–water partition coefficient (Wildman–Crippen LogP) is 2.43. The molecule has 0 spiro atoms. The van der Waals surface area contributed by atoms with Gasteiger partial charge >= 0.3 is 0 Å². The summed E-state index contributed by atoms with van der Waals surface area (Å²) in [5, 5.41) is 2.71. The molecule has 4 rings (SSSR count). The SMILES string of the molecule is CN(c1ccccc1C(=O)Nc1ccc(S(=O)(=O)N2CCN(c3ccc(N)cc3)CC2)cc1)S(C)(=O)=O. The number of carbonyl (C=O) groups excluding carboxylic acids is 1. The van der Waals surface area contributed by atoms with E-state index in [2.05, 4.69) is 10.2 Å². The van der Waals surface area contributed by atoms with E-state index in [1.54, 1.807) is 18.2 Å². The Morgan fingerprint density at radius 2 is 1.46 bits per heavy atom. The van der Waals surface area contributed by atoms with Crippen molar-refractivity contribution < 1.29 is 21.6 Å². The van der Waals surface area contributed by atoms with Crippen molar-refractivity contribution in [1.82, 2.24) is 4.31 Å². The van der Waals surface area contributed by atoms with Crippen LogP contribution < -0.4 is 20.3 Å². The van der Waals surface area contributed by atoms with Gasteiger partial charge in [0, 0.05) is 50.3 Å². The molecule has 10 nitrogen and oxygen atoms in total. The normalized spacial score (nSPS) is 14.8. The lowest BCUT2D eigenvalue weighted by Crippen LogP contribution is -2.48. The molecule has 196 valence electrons. The molecule has 0 atom stereocenters. The number of nitrogens with one attached hydrogen (secondary N) is 1. The zero-order chi connectivity index (χ0) is 26.8. The van der Waals surface area contributed by atoms with E-state index in [1.807, 2.05) is 24.3 Å². The van der Waals surface area contributed by atoms with Crippen molar-refractivity contribution in [2.75, 3.05) is 59.7 Å². The Balaban J connectivity index is 1.43. The lowest BCUT2D eigenvalue weighted by molar-refractivity contribution is 0.102. The molecule has 1 saturated heterocycles. The lowest BCUT2D eigenvalue weighted by atomic mass is 10.1. The first kappa shape index (κ1) is 26.5. The number of amides is 1. The van der Waals surface area contributed by atoms with Crippen LogP contribution in [0, 0.1) is 0 Å². The van der Waals surface area contributed by atoms with Crippen molar-refractivity contribution in [2.45, 2.75) is 4.90 Å². The van der Waals surface area contributed by atoms with Crippen LogP contribution in [0.5, 0.6) is 0 Å². The number of nitrogen functional groups attached to an aromatic ring is 1. The maximum atomic E-state index is 13.2. The molecule has 1 amide bonds. The third-order valence-corrected chi connectivity index (χ3v) is 9.34. The lowest BCUT2D eigenvalue weighted by Gasteiger charge is -2.35. The highest BCUT2D eigenvalue weighted by Crippen LogP contribution is 2.25. The summed E-state index contributed by atoms with van der Waals surface area (Å²) in [5.41, 5.74) is 8.21. The van der Waals surface area contributed by atoms with Gasteiger partial charge in [0.15, 0.2) is 0 Å². The minimum atomic E-state index is -3.71. The number of rotatable bonds is 7. The maximum absolute atomic E-state index is 13.2.